The summed E-state index contributed by atoms with van der Waals surface area (Å²) in [6, 6.07) is 10.1. The Labute approximate surface area is 159 Å². The van der Waals surface area contributed by atoms with Crippen molar-refractivity contribution in [2.45, 2.75) is 43.8 Å². The van der Waals surface area contributed by atoms with Crippen LogP contribution in [0.25, 0.3) is 0 Å². The fraction of sp³-hybridized carbons (Fsp3) is 0.550. The lowest BCUT2D eigenvalue weighted by Gasteiger charge is -2.30. The molecule has 5 nitrogen and oxygen atoms in total. The quantitative estimate of drug-likeness (QED) is 0.593. The Kier molecular flexibility index (Phi) is 6.35. The lowest BCUT2D eigenvalue weighted by Crippen LogP contribution is -2.39. The van der Waals surface area contributed by atoms with Gasteiger partial charge in [-0.15, -0.1) is 0 Å². The largest absolute Gasteiger partial charge is 0.356 e. The average molecular weight is 375 g/mol. The number of imide groups is 1. The standard InChI is InChI=1S/C20H26N2O3S/c23-18-12-17(26)20(25)22(18)13-15-6-8-16(9-7-15)19(24)21-11-10-14-4-2-1-3-5-14/h1-5,15-17,26H,6-13H2,(H,21,24). The van der Waals surface area contributed by atoms with Crippen LogP contribution in [-0.4, -0.2) is 41.0 Å². The summed E-state index contributed by atoms with van der Waals surface area (Å²) in [4.78, 5) is 37.5. The molecule has 26 heavy (non-hydrogen) atoms. The summed E-state index contributed by atoms with van der Waals surface area (Å²) in [6.45, 7) is 1.14. The minimum Gasteiger partial charge on any atom is -0.356 e. The van der Waals surface area contributed by atoms with Gasteiger partial charge in [0, 0.05) is 25.4 Å². The second-order valence-electron chi connectivity index (χ2n) is 7.31. The van der Waals surface area contributed by atoms with E-state index in [-0.39, 0.29) is 30.1 Å². The third-order valence-corrected chi connectivity index (χ3v) is 5.84. The molecule has 140 valence electrons. The number of amides is 3. The molecule has 1 atom stereocenters. The van der Waals surface area contributed by atoms with Crippen molar-refractivity contribution in [3.05, 3.63) is 35.9 Å². The number of nitrogens with one attached hydrogen (secondary N) is 1. The fourth-order valence-corrected chi connectivity index (χ4v) is 4.14. The molecule has 0 aromatic heterocycles. The van der Waals surface area contributed by atoms with Crippen molar-refractivity contribution in [1.82, 2.24) is 10.2 Å². The van der Waals surface area contributed by atoms with Crippen LogP contribution in [0.4, 0.5) is 0 Å². The molecule has 1 aliphatic carbocycles. The van der Waals surface area contributed by atoms with Gasteiger partial charge in [0.15, 0.2) is 0 Å². The first kappa shape index (κ1) is 19.0. The van der Waals surface area contributed by atoms with Gasteiger partial charge in [0.05, 0.1) is 5.25 Å². The molecular weight excluding hydrogens is 348 g/mol. The van der Waals surface area contributed by atoms with Crippen LogP contribution in [0.5, 0.6) is 0 Å². The molecule has 3 amide bonds. The van der Waals surface area contributed by atoms with Crippen LogP contribution in [-0.2, 0) is 20.8 Å². The van der Waals surface area contributed by atoms with Gasteiger partial charge in [-0.05, 0) is 43.6 Å². The average Bonchev–Trinajstić information content (AvgIpc) is 2.89. The van der Waals surface area contributed by atoms with Crippen LogP contribution in [0.3, 0.4) is 0 Å². The summed E-state index contributed by atoms with van der Waals surface area (Å²) in [5.74, 6) is 0.192. The second kappa shape index (κ2) is 8.71. The normalized spacial score (nSPS) is 26.2. The summed E-state index contributed by atoms with van der Waals surface area (Å²) < 4.78 is 0. The predicted molar refractivity (Wildman–Crippen MR) is 103 cm³/mol. The van der Waals surface area contributed by atoms with Crippen LogP contribution in [0, 0.1) is 11.8 Å². The van der Waals surface area contributed by atoms with E-state index in [1.807, 2.05) is 18.2 Å². The Bertz CT molecular complexity index is 656. The Balaban J connectivity index is 1.38. The summed E-state index contributed by atoms with van der Waals surface area (Å²) >= 11 is 4.16. The first-order valence-corrected chi connectivity index (χ1v) is 9.90. The van der Waals surface area contributed by atoms with E-state index in [1.54, 1.807) is 0 Å². The van der Waals surface area contributed by atoms with Crippen molar-refractivity contribution in [2.75, 3.05) is 13.1 Å². The van der Waals surface area contributed by atoms with Gasteiger partial charge in [-0.2, -0.15) is 12.6 Å². The maximum absolute atomic E-state index is 12.3. The highest BCUT2D eigenvalue weighted by atomic mass is 32.1. The van der Waals surface area contributed by atoms with Crippen LogP contribution in [0.15, 0.2) is 30.3 Å². The van der Waals surface area contributed by atoms with E-state index in [0.717, 1.165) is 32.1 Å². The molecule has 1 N–H and O–H groups in total. The molecule has 3 rings (SSSR count). The lowest BCUT2D eigenvalue weighted by atomic mass is 9.81. The SMILES string of the molecule is O=C(NCCc1ccccc1)C1CCC(CN2C(=O)CC(S)C2=O)CC1. The second-order valence-corrected chi connectivity index (χ2v) is 7.93. The van der Waals surface area contributed by atoms with Gasteiger partial charge < -0.3 is 5.32 Å². The number of likely N-dealkylation sites (tertiary alicyclic amines) is 1. The highest BCUT2D eigenvalue weighted by Gasteiger charge is 2.38. The maximum atomic E-state index is 12.3. The number of carbonyl (C=O) groups excluding carboxylic acids is 3. The van der Waals surface area contributed by atoms with Crippen molar-refractivity contribution >= 4 is 30.4 Å². The summed E-state index contributed by atoms with van der Waals surface area (Å²) in [7, 11) is 0. The van der Waals surface area contributed by atoms with E-state index in [4.69, 9.17) is 0 Å². The number of benzene rings is 1. The number of hydrogen-bond acceptors (Lipinski definition) is 4. The predicted octanol–water partition coefficient (Wildman–Crippen LogP) is 2.21. The first-order chi connectivity index (χ1) is 12.5. The van der Waals surface area contributed by atoms with Gasteiger partial charge in [-0.1, -0.05) is 30.3 Å². The molecule has 1 saturated carbocycles. The molecule has 6 heteroatoms. The minimum atomic E-state index is -0.478. The van der Waals surface area contributed by atoms with Gasteiger partial charge in [0.1, 0.15) is 0 Å². The molecule has 2 fully saturated rings. The van der Waals surface area contributed by atoms with E-state index in [9.17, 15) is 14.4 Å². The Hall–Kier alpha value is -1.82. The van der Waals surface area contributed by atoms with Gasteiger partial charge in [0.25, 0.3) is 0 Å². The third-order valence-electron chi connectivity index (χ3n) is 5.43. The first-order valence-electron chi connectivity index (χ1n) is 9.38. The minimum absolute atomic E-state index is 0.0460. The molecule has 0 radical (unpaired) electrons. The zero-order chi connectivity index (χ0) is 18.5. The number of hydrogen-bond donors (Lipinski definition) is 2. The van der Waals surface area contributed by atoms with Crippen LogP contribution in [0.2, 0.25) is 0 Å². The highest BCUT2D eigenvalue weighted by Crippen LogP contribution is 2.31. The molecule has 1 aliphatic heterocycles. The van der Waals surface area contributed by atoms with E-state index in [2.05, 4.69) is 30.1 Å². The zero-order valence-electron chi connectivity index (χ0n) is 14.9. The van der Waals surface area contributed by atoms with Crippen molar-refractivity contribution < 1.29 is 14.4 Å². The van der Waals surface area contributed by atoms with E-state index < -0.39 is 5.25 Å². The number of rotatable bonds is 6. The van der Waals surface area contributed by atoms with Crippen LogP contribution >= 0.6 is 12.6 Å². The number of carbonyl (C=O) groups is 3. The molecule has 1 unspecified atom stereocenters. The maximum Gasteiger partial charge on any atom is 0.242 e. The monoisotopic (exact) mass is 374 g/mol. The van der Waals surface area contributed by atoms with Crippen molar-refractivity contribution in [3.63, 3.8) is 0 Å². The topological polar surface area (TPSA) is 66.5 Å². The van der Waals surface area contributed by atoms with Gasteiger partial charge in [-0.3, -0.25) is 19.3 Å². The third kappa shape index (κ3) is 4.67. The summed E-state index contributed by atoms with van der Waals surface area (Å²) in [5, 5.41) is 2.56. The number of nitrogens with zero attached hydrogens (tertiary/aromatic N) is 1. The molecule has 1 aromatic rings. The Morgan fingerprint density at radius 2 is 1.81 bits per heavy atom. The van der Waals surface area contributed by atoms with E-state index >= 15 is 0 Å². The van der Waals surface area contributed by atoms with E-state index in [0.29, 0.717) is 19.0 Å². The smallest absolute Gasteiger partial charge is 0.242 e. The molecular formula is C20H26N2O3S. The Morgan fingerprint density at radius 3 is 2.42 bits per heavy atom. The van der Waals surface area contributed by atoms with Gasteiger partial charge in [0.2, 0.25) is 17.7 Å². The summed E-state index contributed by atoms with van der Waals surface area (Å²) in [5.41, 5.74) is 1.22. The van der Waals surface area contributed by atoms with Gasteiger partial charge >= 0.3 is 0 Å². The highest BCUT2D eigenvalue weighted by molar-refractivity contribution is 7.81. The molecule has 0 spiro atoms. The van der Waals surface area contributed by atoms with Crippen molar-refractivity contribution in [1.29, 1.82) is 0 Å². The van der Waals surface area contributed by atoms with Crippen LogP contribution in [0.1, 0.15) is 37.7 Å². The lowest BCUT2D eigenvalue weighted by molar-refractivity contribution is -0.139. The molecule has 1 saturated heterocycles. The number of thiol groups is 1. The van der Waals surface area contributed by atoms with Crippen molar-refractivity contribution in [3.8, 4) is 0 Å². The van der Waals surface area contributed by atoms with Crippen LogP contribution < -0.4 is 5.32 Å². The zero-order valence-corrected chi connectivity index (χ0v) is 15.8. The summed E-state index contributed by atoms with van der Waals surface area (Å²) in [6.07, 6.45) is 4.45. The van der Waals surface area contributed by atoms with Crippen molar-refractivity contribution in [2.24, 2.45) is 11.8 Å². The molecule has 2 aliphatic rings. The molecule has 1 aromatic carbocycles. The van der Waals surface area contributed by atoms with E-state index in [1.165, 1.54) is 10.5 Å². The fourth-order valence-electron chi connectivity index (χ4n) is 3.84. The molecule has 1 heterocycles. The Morgan fingerprint density at radius 1 is 1.12 bits per heavy atom. The van der Waals surface area contributed by atoms with Gasteiger partial charge in [-0.25, -0.2) is 0 Å². The molecule has 0 bridgehead atoms.